The van der Waals surface area contributed by atoms with E-state index in [4.69, 9.17) is 30.2 Å². The monoisotopic (exact) mass is 286 g/mol. The summed E-state index contributed by atoms with van der Waals surface area (Å²) in [6.45, 7) is 6.08. The molecule has 0 rings (SSSR count). The van der Waals surface area contributed by atoms with Crippen LogP contribution in [0.5, 0.6) is 0 Å². The van der Waals surface area contributed by atoms with Gasteiger partial charge in [0.15, 0.2) is 6.29 Å². The highest BCUT2D eigenvalue weighted by Crippen LogP contribution is 1.97. The smallest absolute Gasteiger partial charge is 0.154 e. The Bertz CT molecular complexity index is 286. The third-order valence-electron chi connectivity index (χ3n) is 2.25. The largest absolute Gasteiger partial charge is 0.391 e. The third kappa shape index (κ3) is 16.8. The molecule has 0 aliphatic heterocycles. The first-order valence-electron chi connectivity index (χ1n) is 6.87. The van der Waals surface area contributed by atoms with E-state index < -0.39 is 18.5 Å². The molecule has 0 amide bonds. The van der Waals surface area contributed by atoms with Gasteiger partial charge < -0.3 is 19.7 Å². The van der Waals surface area contributed by atoms with Crippen molar-refractivity contribution in [2.75, 3.05) is 13.2 Å². The summed E-state index contributed by atoms with van der Waals surface area (Å²) in [5.74, 6) is 0. The highest BCUT2D eigenvalue weighted by atomic mass is 16.6. The van der Waals surface area contributed by atoms with Crippen molar-refractivity contribution in [2.24, 2.45) is 0 Å². The van der Waals surface area contributed by atoms with Gasteiger partial charge in [-0.1, -0.05) is 20.3 Å². The van der Waals surface area contributed by atoms with Crippen LogP contribution in [0.1, 0.15) is 46.5 Å². The minimum absolute atomic E-state index is 0.255. The summed E-state index contributed by atoms with van der Waals surface area (Å²) in [6, 6.07) is 3.84. The number of nitriles is 2. The molecule has 3 atom stereocenters. The second kappa shape index (κ2) is 15.9. The van der Waals surface area contributed by atoms with Gasteiger partial charge in [-0.05, 0) is 19.8 Å². The summed E-state index contributed by atoms with van der Waals surface area (Å²) in [4.78, 5) is 0. The molecule has 0 fully saturated rings. The average molecular weight is 286 g/mol. The maximum Gasteiger partial charge on any atom is 0.154 e. The van der Waals surface area contributed by atoms with E-state index >= 15 is 0 Å². The van der Waals surface area contributed by atoms with Crippen LogP contribution >= 0.6 is 0 Å². The van der Waals surface area contributed by atoms with E-state index in [0.717, 1.165) is 6.42 Å². The lowest BCUT2D eigenvalue weighted by molar-refractivity contribution is -0.101. The molecule has 0 spiro atoms. The molecule has 116 valence electrons. The van der Waals surface area contributed by atoms with Crippen molar-refractivity contribution in [2.45, 2.75) is 65.0 Å². The molecule has 0 saturated carbocycles. The van der Waals surface area contributed by atoms with Crippen molar-refractivity contribution < 1.29 is 19.7 Å². The van der Waals surface area contributed by atoms with Gasteiger partial charge in [-0.3, -0.25) is 0 Å². The van der Waals surface area contributed by atoms with Gasteiger partial charge in [0.1, 0.15) is 6.10 Å². The number of aliphatic hydroxyl groups is 2. The molecule has 0 aromatic rings. The van der Waals surface area contributed by atoms with E-state index in [1.165, 1.54) is 0 Å². The number of hydrogen-bond donors (Lipinski definition) is 2. The van der Waals surface area contributed by atoms with Gasteiger partial charge in [0.25, 0.3) is 0 Å². The van der Waals surface area contributed by atoms with Crippen molar-refractivity contribution in [1.29, 1.82) is 10.5 Å². The molecular weight excluding hydrogens is 260 g/mol. The Morgan fingerprint density at radius 3 is 2.25 bits per heavy atom. The van der Waals surface area contributed by atoms with E-state index in [1.807, 2.05) is 26.0 Å². The molecule has 3 unspecified atom stereocenters. The molecule has 20 heavy (non-hydrogen) atoms. The van der Waals surface area contributed by atoms with Crippen molar-refractivity contribution in [3.63, 3.8) is 0 Å². The molecule has 0 aliphatic rings. The highest BCUT2D eigenvalue weighted by molar-refractivity contribution is 4.79. The van der Waals surface area contributed by atoms with E-state index in [1.54, 1.807) is 6.92 Å². The number of aliphatic hydroxyl groups excluding tert-OH is 2. The number of nitrogens with zero attached hydrogens (tertiary/aromatic N) is 2. The Morgan fingerprint density at radius 1 is 1.15 bits per heavy atom. The number of hydrogen-bond acceptors (Lipinski definition) is 6. The molecule has 2 N–H and O–H groups in total. The first kappa shape index (κ1) is 21.1. The molecule has 0 saturated heterocycles. The summed E-state index contributed by atoms with van der Waals surface area (Å²) >= 11 is 0. The predicted octanol–water partition coefficient (Wildman–Crippen LogP) is 1.72. The van der Waals surface area contributed by atoms with E-state index in [9.17, 15) is 0 Å². The van der Waals surface area contributed by atoms with Gasteiger partial charge in [0.2, 0.25) is 0 Å². The van der Waals surface area contributed by atoms with Crippen LogP contribution in [0.15, 0.2) is 0 Å². The van der Waals surface area contributed by atoms with Crippen LogP contribution in [-0.2, 0) is 9.47 Å². The Labute approximate surface area is 121 Å². The van der Waals surface area contributed by atoms with Crippen LogP contribution in [0.2, 0.25) is 0 Å². The van der Waals surface area contributed by atoms with Crippen LogP contribution in [0, 0.1) is 22.7 Å². The second-order valence-corrected chi connectivity index (χ2v) is 4.19. The van der Waals surface area contributed by atoms with Crippen LogP contribution < -0.4 is 0 Å². The number of ether oxygens (including phenoxy) is 2. The quantitative estimate of drug-likeness (QED) is 0.493. The molecular formula is C14H26N2O4. The van der Waals surface area contributed by atoms with Crippen LogP contribution in [-0.4, -0.2) is 41.9 Å². The van der Waals surface area contributed by atoms with Crippen molar-refractivity contribution in [3.8, 4) is 12.1 Å². The van der Waals surface area contributed by atoms with Gasteiger partial charge in [0, 0.05) is 0 Å². The van der Waals surface area contributed by atoms with Crippen molar-refractivity contribution >= 4 is 0 Å². The predicted molar refractivity (Wildman–Crippen MR) is 74.4 cm³/mol. The minimum atomic E-state index is -0.682. The van der Waals surface area contributed by atoms with Crippen LogP contribution in [0.4, 0.5) is 0 Å². The minimum Gasteiger partial charge on any atom is -0.391 e. The molecule has 0 bridgehead atoms. The maximum absolute atomic E-state index is 8.97. The van der Waals surface area contributed by atoms with Gasteiger partial charge in [-0.25, -0.2) is 0 Å². The normalized spacial score (nSPS) is 14.2. The molecule has 0 aromatic heterocycles. The maximum atomic E-state index is 8.97. The third-order valence-corrected chi connectivity index (χ3v) is 2.25. The van der Waals surface area contributed by atoms with Gasteiger partial charge >= 0.3 is 0 Å². The molecule has 6 heteroatoms. The summed E-state index contributed by atoms with van der Waals surface area (Å²) in [5.41, 5.74) is 0. The summed E-state index contributed by atoms with van der Waals surface area (Å²) in [7, 11) is 0. The van der Waals surface area contributed by atoms with E-state index in [2.05, 4.69) is 0 Å². The molecule has 6 nitrogen and oxygen atoms in total. The van der Waals surface area contributed by atoms with Crippen LogP contribution in [0.3, 0.4) is 0 Å². The Morgan fingerprint density at radius 2 is 1.80 bits per heavy atom. The lowest BCUT2D eigenvalue weighted by Crippen LogP contribution is -2.17. The van der Waals surface area contributed by atoms with E-state index in [0.29, 0.717) is 25.9 Å². The first-order valence-corrected chi connectivity index (χ1v) is 6.87. The highest BCUT2D eigenvalue weighted by Gasteiger charge is 2.03. The molecule has 0 aromatic carbocycles. The fourth-order valence-corrected chi connectivity index (χ4v) is 0.981. The zero-order valence-electron chi connectivity index (χ0n) is 12.6. The summed E-state index contributed by atoms with van der Waals surface area (Å²) < 4.78 is 9.79. The van der Waals surface area contributed by atoms with Gasteiger partial charge in [0.05, 0.1) is 37.9 Å². The van der Waals surface area contributed by atoms with E-state index in [-0.39, 0.29) is 6.61 Å². The Hall–Kier alpha value is -1.18. The average Bonchev–Trinajstić information content (AvgIpc) is 2.45. The van der Waals surface area contributed by atoms with Crippen molar-refractivity contribution in [1.82, 2.24) is 0 Å². The zero-order valence-corrected chi connectivity index (χ0v) is 12.6. The standard InChI is InChI=1S/2C7H13NO2/c1-3-7(9)5-10-6(2)4-8;1-2-4-7(9)10-6-3-5-8/h6-7,9H,3,5H2,1-2H3;7,9H,2-4,6H2,1H3. The van der Waals surface area contributed by atoms with Crippen molar-refractivity contribution in [3.05, 3.63) is 0 Å². The van der Waals surface area contributed by atoms with Crippen LogP contribution in [0.25, 0.3) is 0 Å². The number of rotatable bonds is 9. The molecule has 0 heterocycles. The summed E-state index contributed by atoms with van der Waals surface area (Å²) in [6.07, 6.45) is 1.02. The Balaban J connectivity index is 0. The molecule has 0 radical (unpaired) electrons. The van der Waals surface area contributed by atoms with Gasteiger partial charge in [-0.15, -0.1) is 0 Å². The Kier molecular flexibility index (Phi) is 16.8. The fraction of sp³-hybridized carbons (Fsp3) is 0.857. The first-order chi connectivity index (χ1) is 9.51. The summed E-state index contributed by atoms with van der Waals surface area (Å²) in [5, 5.41) is 34.3. The lowest BCUT2D eigenvalue weighted by Gasteiger charge is -2.08. The second-order valence-electron chi connectivity index (χ2n) is 4.19. The zero-order chi connectivity index (χ0) is 15.8. The molecule has 0 aliphatic carbocycles. The fourth-order valence-electron chi connectivity index (χ4n) is 0.981. The van der Waals surface area contributed by atoms with Gasteiger partial charge in [-0.2, -0.15) is 10.5 Å². The topological polar surface area (TPSA) is 106 Å². The lowest BCUT2D eigenvalue weighted by atomic mass is 10.3. The SMILES string of the molecule is CCC(O)COC(C)C#N.CCCC(O)OCCC#N.